The number of carbonyl (C=O) groups excluding carboxylic acids is 2. The molecule has 0 unspecified atom stereocenters. The van der Waals surface area contributed by atoms with Crippen LogP contribution in [0.1, 0.15) is 37.0 Å². The van der Waals surface area contributed by atoms with Crippen LogP contribution in [0, 0.1) is 0 Å². The van der Waals surface area contributed by atoms with Gasteiger partial charge in [0.15, 0.2) is 12.4 Å². The van der Waals surface area contributed by atoms with Crippen LogP contribution in [0.3, 0.4) is 0 Å². The summed E-state index contributed by atoms with van der Waals surface area (Å²) in [6.07, 6.45) is -9.52. The van der Waals surface area contributed by atoms with E-state index in [2.05, 4.69) is 30.1 Å². The Morgan fingerprint density at radius 2 is 1.07 bits per heavy atom. The fourth-order valence-corrected chi connectivity index (χ4v) is 6.60. The molecule has 10 atom stereocenters. The van der Waals surface area contributed by atoms with Crippen molar-refractivity contribution in [2.45, 2.75) is 101 Å². The van der Waals surface area contributed by atoms with Gasteiger partial charge in [-0.15, -0.1) is 0 Å². The van der Waals surface area contributed by atoms with Crippen LogP contribution in [0.2, 0.25) is 0 Å². The van der Waals surface area contributed by atoms with E-state index in [0.29, 0.717) is 0 Å². The van der Waals surface area contributed by atoms with Crippen LogP contribution >= 0.6 is 0 Å². The first-order valence-electron chi connectivity index (χ1n) is 17.5. The van der Waals surface area contributed by atoms with Gasteiger partial charge in [0.2, 0.25) is 0 Å². The maximum atomic E-state index is 12.5. The van der Waals surface area contributed by atoms with Gasteiger partial charge < -0.3 is 33.2 Å². The van der Waals surface area contributed by atoms with Crippen molar-refractivity contribution in [3.05, 3.63) is 139 Å². The first kappa shape index (κ1) is 40.5. The number of esters is 2. The van der Waals surface area contributed by atoms with E-state index >= 15 is 0 Å². The van der Waals surface area contributed by atoms with E-state index < -0.39 is 73.0 Å². The Morgan fingerprint density at radius 3 is 1.55 bits per heavy atom. The van der Waals surface area contributed by atoms with Gasteiger partial charge in [0.1, 0.15) is 30.5 Å². The summed E-state index contributed by atoms with van der Waals surface area (Å²) in [5, 5.41) is 11.5. The standard InChI is InChI=1S/C37H41N9O9/c1-23(47)52-31-28(42-45-39)18-29(43-46-40)32(35(31)53-24(2)48)55-37-36(51-22-27-16-10-5-11-17-27)34(50-21-26-14-8-4-9-15-26)33(30(54-37)19-41-44-38)49-20-25-12-6-3-7-13-25/h3-17,28-37H,18-22H2,1-2H3/t28-,29+,30-,31+,32-,33-,34+,35-,36-,37-/m1/s1. The Hall–Kier alpha value is -5.67. The third-order valence-electron chi connectivity index (χ3n) is 8.96. The molecule has 0 radical (unpaired) electrons. The highest BCUT2D eigenvalue weighted by molar-refractivity contribution is 5.67. The van der Waals surface area contributed by atoms with Crippen LogP contribution in [-0.4, -0.2) is 79.6 Å². The van der Waals surface area contributed by atoms with Gasteiger partial charge in [-0.05, 0) is 39.7 Å². The quantitative estimate of drug-likeness (QED) is 0.0608. The maximum absolute atomic E-state index is 12.5. The lowest BCUT2D eigenvalue weighted by atomic mass is 9.84. The largest absolute Gasteiger partial charge is 0.458 e. The van der Waals surface area contributed by atoms with Crippen LogP contribution in [-0.2, 0) is 62.6 Å². The normalized spacial score (nSPS) is 27.3. The first-order valence-corrected chi connectivity index (χ1v) is 17.5. The van der Waals surface area contributed by atoms with Crippen molar-refractivity contribution in [2.75, 3.05) is 6.54 Å². The van der Waals surface area contributed by atoms with E-state index in [0.717, 1.165) is 30.5 Å². The average Bonchev–Trinajstić information content (AvgIpc) is 3.18. The molecule has 0 N–H and O–H groups in total. The van der Waals surface area contributed by atoms with Crippen molar-refractivity contribution in [3.8, 4) is 0 Å². The summed E-state index contributed by atoms with van der Waals surface area (Å²) in [5.41, 5.74) is 30.9. The van der Waals surface area contributed by atoms with Crippen molar-refractivity contribution >= 4 is 11.9 Å². The number of rotatable bonds is 17. The molecule has 0 bridgehead atoms. The maximum Gasteiger partial charge on any atom is 0.303 e. The van der Waals surface area contributed by atoms with E-state index in [1.807, 2.05) is 91.0 Å². The average molecular weight is 756 g/mol. The minimum Gasteiger partial charge on any atom is -0.458 e. The highest BCUT2D eigenvalue weighted by Gasteiger charge is 2.54. The number of benzene rings is 3. The van der Waals surface area contributed by atoms with Crippen molar-refractivity contribution in [1.82, 2.24) is 0 Å². The molecule has 0 spiro atoms. The van der Waals surface area contributed by atoms with Crippen molar-refractivity contribution < 1.29 is 42.7 Å². The van der Waals surface area contributed by atoms with Crippen molar-refractivity contribution in [2.24, 2.45) is 15.3 Å². The van der Waals surface area contributed by atoms with Crippen LogP contribution < -0.4 is 0 Å². The van der Waals surface area contributed by atoms with Crippen LogP contribution in [0.15, 0.2) is 106 Å². The molecule has 2 aliphatic rings. The van der Waals surface area contributed by atoms with Gasteiger partial charge in [0, 0.05) is 28.6 Å². The second kappa shape index (κ2) is 20.7. The fourth-order valence-electron chi connectivity index (χ4n) is 6.60. The lowest BCUT2D eigenvalue weighted by molar-refractivity contribution is -0.339. The van der Waals surface area contributed by atoms with Gasteiger partial charge >= 0.3 is 11.9 Å². The number of carbonyl (C=O) groups is 2. The molecule has 288 valence electrons. The third-order valence-corrected chi connectivity index (χ3v) is 8.96. The Bertz CT molecular complexity index is 1840. The van der Waals surface area contributed by atoms with Gasteiger partial charge in [-0.25, -0.2) is 0 Å². The predicted octanol–water partition coefficient (Wildman–Crippen LogP) is 6.79. The second-order valence-electron chi connectivity index (χ2n) is 12.8. The van der Waals surface area contributed by atoms with E-state index in [4.69, 9.17) is 33.2 Å². The molecule has 1 aliphatic heterocycles. The molecule has 55 heavy (non-hydrogen) atoms. The number of hydrogen-bond acceptors (Lipinski definition) is 12. The highest BCUT2D eigenvalue weighted by atomic mass is 16.7. The molecule has 3 aromatic rings. The summed E-state index contributed by atoms with van der Waals surface area (Å²) in [4.78, 5) is 33.7. The Balaban J connectivity index is 1.59. The fraction of sp³-hybridized carbons (Fsp3) is 0.459. The molecule has 18 nitrogen and oxygen atoms in total. The summed E-state index contributed by atoms with van der Waals surface area (Å²) < 4.78 is 44.2. The zero-order chi connectivity index (χ0) is 39.0. The summed E-state index contributed by atoms with van der Waals surface area (Å²) in [5.74, 6) is -1.53. The van der Waals surface area contributed by atoms with E-state index in [9.17, 15) is 26.2 Å². The molecule has 0 amide bonds. The molecule has 1 saturated carbocycles. The highest BCUT2D eigenvalue weighted by Crippen LogP contribution is 2.37. The van der Waals surface area contributed by atoms with E-state index in [1.165, 1.54) is 0 Å². The predicted molar refractivity (Wildman–Crippen MR) is 194 cm³/mol. The van der Waals surface area contributed by atoms with Crippen LogP contribution in [0.5, 0.6) is 0 Å². The Morgan fingerprint density at radius 1 is 0.618 bits per heavy atom. The Kier molecular flexibility index (Phi) is 15.2. The van der Waals surface area contributed by atoms with Gasteiger partial charge in [-0.3, -0.25) is 9.59 Å². The molecule has 0 aromatic heterocycles. The smallest absolute Gasteiger partial charge is 0.303 e. The molecule has 18 heteroatoms. The summed E-state index contributed by atoms with van der Waals surface area (Å²) in [6, 6.07) is 26.0. The van der Waals surface area contributed by atoms with Crippen LogP contribution in [0.4, 0.5) is 0 Å². The Labute approximate surface area is 316 Å². The van der Waals surface area contributed by atoms with E-state index in [1.54, 1.807) is 0 Å². The summed E-state index contributed by atoms with van der Waals surface area (Å²) in [7, 11) is 0. The van der Waals surface area contributed by atoms with E-state index in [-0.39, 0.29) is 32.8 Å². The monoisotopic (exact) mass is 755 g/mol. The number of ether oxygens (including phenoxy) is 7. The van der Waals surface area contributed by atoms with Gasteiger partial charge in [-0.1, -0.05) is 106 Å². The zero-order valence-electron chi connectivity index (χ0n) is 30.2. The van der Waals surface area contributed by atoms with Gasteiger partial charge in [0.05, 0.1) is 44.6 Å². The van der Waals surface area contributed by atoms with Crippen molar-refractivity contribution in [3.63, 3.8) is 0 Å². The SMILES string of the molecule is CC(=O)O[C@@H]1[C@@H](OC(C)=O)[C@H](N=[N+]=[N-])C[C@H](N=[N+]=[N-])[C@H]1O[C@H]1O[C@H](CN=[N+]=[N-])[C@@H](OCc2ccccc2)[C@H](OCc2ccccc2)[C@H]1OCc1ccccc1. The minimum absolute atomic E-state index is 0.0686. The molecule has 1 aliphatic carbocycles. The molecular formula is C37H41N9O9. The number of azide groups is 3. The molecule has 3 aromatic carbocycles. The lowest BCUT2D eigenvalue weighted by Gasteiger charge is -2.49. The topological polar surface area (TPSA) is 245 Å². The molecule has 1 heterocycles. The summed E-state index contributed by atoms with van der Waals surface area (Å²) >= 11 is 0. The van der Waals surface area contributed by atoms with Gasteiger partial charge in [-0.2, -0.15) is 0 Å². The molecule has 2 fully saturated rings. The minimum atomic E-state index is -1.44. The van der Waals surface area contributed by atoms with Crippen LogP contribution in [0.25, 0.3) is 31.3 Å². The van der Waals surface area contributed by atoms with Crippen molar-refractivity contribution in [1.29, 1.82) is 0 Å². The van der Waals surface area contributed by atoms with Gasteiger partial charge in [0.25, 0.3) is 0 Å². The molecular weight excluding hydrogens is 714 g/mol. The second-order valence-corrected chi connectivity index (χ2v) is 12.8. The molecule has 1 saturated heterocycles. The third kappa shape index (κ3) is 11.4. The first-order chi connectivity index (χ1) is 26.8. The summed E-state index contributed by atoms with van der Waals surface area (Å²) in [6.45, 7) is 2.41. The lowest BCUT2D eigenvalue weighted by Crippen LogP contribution is -2.65. The zero-order valence-corrected chi connectivity index (χ0v) is 30.2. The number of nitrogens with zero attached hydrogens (tertiary/aromatic N) is 9. The molecule has 5 rings (SSSR count). The number of hydrogen-bond donors (Lipinski definition) is 0.